The molecule has 4 heteroatoms. The van der Waals surface area contributed by atoms with Gasteiger partial charge in [-0.1, -0.05) is 75.4 Å². The number of hydrogen-bond acceptors (Lipinski definition) is 3. The SMILES string of the molecule is COC(=O)[C@@H](O[Si](C)(C)C(C)(C)C)c1ccc(-c2ccccc2)cc1. The highest BCUT2D eigenvalue weighted by Gasteiger charge is 2.41. The molecule has 0 unspecified atom stereocenters. The molecule has 0 radical (unpaired) electrons. The van der Waals surface area contributed by atoms with E-state index in [1.165, 1.54) is 7.11 Å². The Morgan fingerprint density at radius 2 is 1.44 bits per heavy atom. The minimum atomic E-state index is -2.11. The van der Waals surface area contributed by atoms with Gasteiger partial charge in [-0.25, -0.2) is 4.79 Å². The average Bonchev–Trinajstić information content (AvgIpc) is 2.59. The summed E-state index contributed by atoms with van der Waals surface area (Å²) in [6.07, 6.45) is -0.685. The molecule has 25 heavy (non-hydrogen) atoms. The van der Waals surface area contributed by atoms with Gasteiger partial charge in [-0.3, -0.25) is 0 Å². The summed E-state index contributed by atoms with van der Waals surface area (Å²) in [5.41, 5.74) is 3.09. The lowest BCUT2D eigenvalue weighted by atomic mass is 10.0. The summed E-state index contributed by atoms with van der Waals surface area (Å²) >= 11 is 0. The summed E-state index contributed by atoms with van der Waals surface area (Å²) in [5, 5.41) is 0.0171. The normalized spacial score (nSPS) is 13.4. The highest BCUT2D eigenvalue weighted by Crippen LogP contribution is 2.40. The molecular formula is C21H28O3Si. The van der Waals surface area contributed by atoms with Crippen LogP contribution in [0.2, 0.25) is 18.1 Å². The fraction of sp³-hybridized carbons (Fsp3) is 0.381. The van der Waals surface area contributed by atoms with Gasteiger partial charge >= 0.3 is 5.97 Å². The first-order chi connectivity index (χ1) is 11.7. The summed E-state index contributed by atoms with van der Waals surface area (Å²) in [7, 11) is -0.703. The lowest BCUT2D eigenvalue weighted by molar-refractivity contribution is -0.149. The molecule has 0 heterocycles. The standard InChI is InChI=1S/C21H28O3Si/c1-21(2,3)25(5,6)24-19(20(22)23-4)18-14-12-17(13-15-18)16-10-8-7-9-11-16/h7-15,19H,1-6H3/t19-/m0/s1. The fourth-order valence-corrected chi connectivity index (χ4v) is 3.49. The van der Waals surface area contributed by atoms with Crippen LogP contribution < -0.4 is 0 Å². The Labute approximate surface area is 152 Å². The minimum absolute atomic E-state index is 0.0171. The molecule has 0 amide bonds. The summed E-state index contributed by atoms with van der Waals surface area (Å²) in [4.78, 5) is 12.3. The maximum atomic E-state index is 12.3. The third-order valence-corrected chi connectivity index (χ3v) is 9.39. The number of methoxy groups -OCH3 is 1. The topological polar surface area (TPSA) is 35.5 Å². The van der Waals surface area contributed by atoms with Gasteiger partial charge in [0.1, 0.15) is 0 Å². The zero-order valence-corrected chi connectivity index (χ0v) is 17.0. The Morgan fingerprint density at radius 3 is 1.92 bits per heavy atom. The zero-order chi connectivity index (χ0) is 18.7. The Morgan fingerprint density at radius 1 is 0.920 bits per heavy atom. The Kier molecular flexibility index (Phi) is 5.86. The van der Waals surface area contributed by atoms with Crippen molar-refractivity contribution >= 4 is 14.3 Å². The van der Waals surface area contributed by atoms with Crippen LogP contribution in [-0.4, -0.2) is 21.4 Å². The molecule has 0 saturated heterocycles. The maximum Gasteiger partial charge on any atom is 0.338 e. The molecule has 0 aliphatic rings. The minimum Gasteiger partial charge on any atom is -0.467 e. The molecule has 2 rings (SSSR count). The van der Waals surface area contributed by atoms with Gasteiger partial charge in [0.15, 0.2) is 14.4 Å². The number of carbonyl (C=O) groups excluding carboxylic acids is 1. The van der Waals surface area contributed by atoms with Gasteiger partial charge in [0, 0.05) is 0 Å². The van der Waals surface area contributed by atoms with Gasteiger partial charge in [-0.15, -0.1) is 0 Å². The summed E-state index contributed by atoms with van der Waals surface area (Å²) in [6.45, 7) is 10.8. The van der Waals surface area contributed by atoms with Crippen molar-refractivity contribution in [3.8, 4) is 11.1 Å². The van der Waals surface area contributed by atoms with Crippen LogP contribution in [0.3, 0.4) is 0 Å². The van der Waals surface area contributed by atoms with Crippen molar-refractivity contribution in [2.45, 2.75) is 45.0 Å². The van der Waals surface area contributed by atoms with E-state index in [4.69, 9.17) is 9.16 Å². The van der Waals surface area contributed by atoms with Crippen molar-refractivity contribution in [3.63, 3.8) is 0 Å². The monoisotopic (exact) mass is 356 g/mol. The van der Waals surface area contributed by atoms with Crippen LogP contribution in [0.5, 0.6) is 0 Å². The van der Waals surface area contributed by atoms with Crippen LogP contribution in [0.4, 0.5) is 0 Å². The van der Waals surface area contributed by atoms with Gasteiger partial charge in [-0.05, 0) is 34.8 Å². The molecular weight excluding hydrogens is 328 g/mol. The van der Waals surface area contributed by atoms with Gasteiger partial charge in [-0.2, -0.15) is 0 Å². The number of hydrogen-bond donors (Lipinski definition) is 0. The lowest BCUT2D eigenvalue weighted by Gasteiger charge is -2.38. The first-order valence-electron chi connectivity index (χ1n) is 8.57. The molecule has 0 bridgehead atoms. The predicted molar refractivity (Wildman–Crippen MR) is 105 cm³/mol. The lowest BCUT2D eigenvalue weighted by Crippen LogP contribution is -2.43. The molecule has 0 aliphatic heterocycles. The predicted octanol–water partition coefficient (Wildman–Crippen LogP) is 5.59. The van der Waals surface area contributed by atoms with Crippen LogP contribution >= 0.6 is 0 Å². The molecule has 3 nitrogen and oxygen atoms in total. The second-order valence-corrected chi connectivity index (χ2v) is 12.5. The van der Waals surface area contributed by atoms with Crippen LogP contribution in [-0.2, 0) is 14.0 Å². The number of ether oxygens (including phenoxy) is 1. The van der Waals surface area contributed by atoms with Crippen molar-refractivity contribution in [1.29, 1.82) is 0 Å². The van der Waals surface area contributed by atoms with Gasteiger partial charge in [0.25, 0.3) is 0 Å². The molecule has 0 saturated carbocycles. The Bertz CT molecular complexity index is 700. The molecule has 0 spiro atoms. The van der Waals surface area contributed by atoms with E-state index in [1.54, 1.807) is 0 Å². The molecule has 2 aromatic carbocycles. The first kappa shape index (κ1) is 19.4. The summed E-state index contributed by atoms with van der Waals surface area (Å²) < 4.78 is 11.3. The largest absolute Gasteiger partial charge is 0.467 e. The van der Waals surface area contributed by atoms with E-state index in [2.05, 4.69) is 46.0 Å². The fourth-order valence-electron chi connectivity index (χ4n) is 2.31. The third kappa shape index (κ3) is 4.59. The molecule has 2 aromatic rings. The molecule has 0 aliphatic carbocycles. The van der Waals surface area contributed by atoms with E-state index in [0.29, 0.717) is 0 Å². The molecule has 0 aromatic heterocycles. The van der Waals surface area contributed by atoms with Gasteiger partial charge in [0.05, 0.1) is 7.11 Å². The van der Waals surface area contributed by atoms with Crippen LogP contribution in [0.15, 0.2) is 54.6 Å². The number of carbonyl (C=O) groups is 1. The van der Waals surface area contributed by atoms with Crippen molar-refractivity contribution in [2.75, 3.05) is 7.11 Å². The summed E-state index contributed by atoms with van der Waals surface area (Å²) in [5.74, 6) is -0.350. The van der Waals surface area contributed by atoms with Crippen molar-refractivity contribution < 1.29 is 14.0 Å². The summed E-state index contributed by atoms with van der Waals surface area (Å²) in [6, 6.07) is 18.1. The van der Waals surface area contributed by atoms with Gasteiger partial charge < -0.3 is 9.16 Å². The molecule has 0 fully saturated rings. The van der Waals surface area contributed by atoms with E-state index >= 15 is 0 Å². The smallest absolute Gasteiger partial charge is 0.338 e. The van der Waals surface area contributed by atoms with E-state index in [1.807, 2.05) is 42.5 Å². The van der Waals surface area contributed by atoms with Crippen LogP contribution in [0.1, 0.15) is 32.4 Å². The van der Waals surface area contributed by atoms with Crippen LogP contribution in [0, 0.1) is 0 Å². The first-order valence-corrected chi connectivity index (χ1v) is 11.5. The molecule has 134 valence electrons. The van der Waals surface area contributed by atoms with Crippen LogP contribution in [0.25, 0.3) is 11.1 Å². The average molecular weight is 357 g/mol. The number of rotatable bonds is 5. The van der Waals surface area contributed by atoms with E-state index < -0.39 is 14.4 Å². The number of esters is 1. The quantitative estimate of drug-likeness (QED) is 0.517. The second kappa shape index (κ2) is 7.54. The maximum absolute atomic E-state index is 12.3. The highest BCUT2D eigenvalue weighted by atomic mass is 28.4. The van der Waals surface area contributed by atoms with E-state index in [9.17, 15) is 4.79 Å². The van der Waals surface area contributed by atoms with Gasteiger partial charge in [0.2, 0.25) is 0 Å². The van der Waals surface area contributed by atoms with E-state index in [-0.39, 0.29) is 11.0 Å². The third-order valence-electron chi connectivity index (χ3n) is 4.95. The molecule has 1 atom stereocenters. The molecule has 0 N–H and O–H groups in total. The Balaban J connectivity index is 2.31. The Hall–Kier alpha value is -1.91. The zero-order valence-electron chi connectivity index (χ0n) is 16.0. The highest BCUT2D eigenvalue weighted by molar-refractivity contribution is 6.74. The van der Waals surface area contributed by atoms with Crippen molar-refractivity contribution in [1.82, 2.24) is 0 Å². The van der Waals surface area contributed by atoms with Crippen molar-refractivity contribution in [2.24, 2.45) is 0 Å². The van der Waals surface area contributed by atoms with E-state index in [0.717, 1.165) is 16.7 Å². The van der Waals surface area contributed by atoms with Crippen molar-refractivity contribution in [3.05, 3.63) is 60.2 Å². The second-order valence-electron chi connectivity index (χ2n) is 7.77. The number of benzene rings is 2.